The minimum atomic E-state index is 0.0887. The van der Waals surface area contributed by atoms with Crippen molar-refractivity contribution in [2.75, 3.05) is 24.5 Å². The van der Waals surface area contributed by atoms with Gasteiger partial charge in [-0.05, 0) is 48.9 Å². The maximum Gasteiger partial charge on any atom is 0.223 e. The number of carbonyl (C=O) groups is 1. The lowest BCUT2D eigenvalue weighted by Crippen LogP contribution is -2.41. The number of imidazole rings is 1. The van der Waals surface area contributed by atoms with Crippen molar-refractivity contribution < 1.29 is 4.79 Å². The van der Waals surface area contributed by atoms with Crippen molar-refractivity contribution in [1.82, 2.24) is 15.3 Å². The number of rotatable bonds is 5. The molecule has 3 aromatic rings. The van der Waals surface area contributed by atoms with Crippen LogP contribution in [0.15, 0.2) is 48.5 Å². The summed E-state index contributed by atoms with van der Waals surface area (Å²) in [4.78, 5) is 23.0. The van der Waals surface area contributed by atoms with Gasteiger partial charge in [-0.25, -0.2) is 4.98 Å². The predicted octanol–water partition coefficient (Wildman–Crippen LogP) is 4.01. The molecule has 28 heavy (non-hydrogen) atoms. The number of hydrogen-bond acceptors (Lipinski definition) is 3. The fourth-order valence-corrected chi connectivity index (χ4v) is 3.91. The number of amides is 1. The molecular weight excluding hydrogens is 348 g/mol. The van der Waals surface area contributed by atoms with Crippen molar-refractivity contribution in [2.45, 2.75) is 32.6 Å². The van der Waals surface area contributed by atoms with E-state index in [-0.39, 0.29) is 11.8 Å². The van der Waals surface area contributed by atoms with Gasteiger partial charge in [0, 0.05) is 25.6 Å². The topological polar surface area (TPSA) is 61.0 Å². The SMILES string of the molecule is Cc1ccc2nc(N3CCC(C(=O)NC[C@@H](C)c4ccccc4)CC3)[nH]c2c1. The molecule has 1 aromatic heterocycles. The van der Waals surface area contributed by atoms with Gasteiger partial charge in [0.05, 0.1) is 11.0 Å². The zero-order valence-electron chi connectivity index (χ0n) is 16.6. The molecule has 4 rings (SSSR count). The number of carbonyl (C=O) groups excluding carboxylic acids is 1. The van der Waals surface area contributed by atoms with Crippen LogP contribution in [-0.2, 0) is 4.79 Å². The minimum Gasteiger partial charge on any atom is -0.355 e. The molecular formula is C23H28N4O. The van der Waals surface area contributed by atoms with E-state index in [9.17, 15) is 4.79 Å². The van der Waals surface area contributed by atoms with E-state index in [0.717, 1.165) is 42.9 Å². The number of aryl methyl sites for hydroxylation is 1. The monoisotopic (exact) mass is 376 g/mol. The number of benzene rings is 2. The zero-order valence-corrected chi connectivity index (χ0v) is 16.6. The summed E-state index contributed by atoms with van der Waals surface area (Å²) in [6, 6.07) is 16.6. The van der Waals surface area contributed by atoms with Crippen LogP contribution in [-0.4, -0.2) is 35.5 Å². The standard InChI is InChI=1S/C23H28N4O/c1-16-8-9-20-21(14-16)26-23(25-20)27-12-10-19(11-13-27)22(28)24-15-17(2)18-6-4-3-5-7-18/h3-9,14,17,19H,10-13,15H2,1-2H3,(H,24,28)(H,25,26)/t17-/m1/s1. The van der Waals surface area contributed by atoms with Crippen molar-refractivity contribution >= 4 is 22.9 Å². The van der Waals surface area contributed by atoms with E-state index >= 15 is 0 Å². The molecule has 146 valence electrons. The molecule has 2 aromatic carbocycles. The Balaban J connectivity index is 1.30. The average molecular weight is 377 g/mol. The summed E-state index contributed by atoms with van der Waals surface area (Å²) in [5.41, 5.74) is 4.56. The van der Waals surface area contributed by atoms with E-state index in [2.05, 4.69) is 59.4 Å². The first kappa shape index (κ1) is 18.5. The van der Waals surface area contributed by atoms with Crippen molar-refractivity contribution in [1.29, 1.82) is 0 Å². The first-order valence-electron chi connectivity index (χ1n) is 10.1. The van der Waals surface area contributed by atoms with Crippen molar-refractivity contribution in [3.63, 3.8) is 0 Å². The molecule has 1 saturated heterocycles. The molecule has 0 bridgehead atoms. The van der Waals surface area contributed by atoms with Gasteiger partial charge in [0.1, 0.15) is 0 Å². The molecule has 0 aliphatic carbocycles. The Morgan fingerprint density at radius 3 is 2.71 bits per heavy atom. The second kappa shape index (κ2) is 8.05. The van der Waals surface area contributed by atoms with Crippen molar-refractivity contribution in [3.8, 4) is 0 Å². The zero-order chi connectivity index (χ0) is 19.5. The summed E-state index contributed by atoms with van der Waals surface area (Å²) in [7, 11) is 0. The molecule has 0 saturated carbocycles. The van der Waals surface area contributed by atoms with Crippen molar-refractivity contribution in [3.05, 3.63) is 59.7 Å². The first-order valence-corrected chi connectivity index (χ1v) is 10.1. The van der Waals surface area contributed by atoms with Crippen LogP contribution in [0.2, 0.25) is 0 Å². The molecule has 1 aliphatic heterocycles. The third-order valence-electron chi connectivity index (χ3n) is 5.74. The highest BCUT2D eigenvalue weighted by molar-refractivity contribution is 5.80. The number of hydrogen-bond donors (Lipinski definition) is 2. The molecule has 5 heteroatoms. The summed E-state index contributed by atoms with van der Waals surface area (Å²) in [6.45, 7) is 6.63. The second-order valence-electron chi connectivity index (χ2n) is 7.90. The normalized spacial score (nSPS) is 16.3. The van der Waals surface area contributed by atoms with Gasteiger partial charge in [-0.1, -0.05) is 43.3 Å². The van der Waals surface area contributed by atoms with E-state index in [1.807, 2.05) is 18.2 Å². The second-order valence-corrected chi connectivity index (χ2v) is 7.90. The molecule has 2 N–H and O–H groups in total. The summed E-state index contributed by atoms with van der Waals surface area (Å²) >= 11 is 0. The third kappa shape index (κ3) is 4.03. The van der Waals surface area contributed by atoms with Crippen LogP contribution in [0.5, 0.6) is 0 Å². The summed E-state index contributed by atoms with van der Waals surface area (Å²) < 4.78 is 0. The van der Waals surface area contributed by atoms with Gasteiger partial charge in [0.2, 0.25) is 11.9 Å². The van der Waals surface area contributed by atoms with Gasteiger partial charge in [-0.3, -0.25) is 4.79 Å². The molecule has 5 nitrogen and oxygen atoms in total. The average Bonchev–Trinajstić information content (AvgIpc) is 3.15. The Labute approximate surface area is 166 Å². The number of H-pyrrole nitrogens is 1. The first-order chi connectivity index (χ1) is 13.6. The fourth-order valence-electron chi connectivity index (χ4n) is 3.91. The van der Waals surface area contributed by atoms with E-state index in [1.54, 1.807) is 0 Å². The molecule has 1 atom stereocenters. The third-order valence-corrected chi connectivity index (χ3v) is 5.74. The number of nitrogens with zero attached hydrogens (tertiary/aromatic N) is 2. The van der Waals surface area contributed by atoms with Gasteiger partial charge in [0.25, 0.3) is 0 Å². The lowest BCUT2D eigenvalue weighted by Gasteiger charge is -2.31. The van der Waals surface area contributed by atoms with Gasteiger partial charge in [-0.2, -0.15) is 0 Å². The Hall–Kier alpha value is -2.82. The number of piperidine rings is 1. The van der Waals surface area contributed by atoms with E-state index in [4.69, 9.17) is 4.98 Å². The number of nitrogens with one attached hydrogen (secondary N) is 2. The van der Waals surface area contributed by atoms with Gasteiger partial charge >= 0.3 is 0 Å². The van der Waals surface area contributed by atoms with Crippen LogP contribution < -0.4 is 10.2 Å². The molecule has 1 fully saturated rings. The Morgan fingerprint density at radius 2 is 1.96 bits per heavy atom. The molecule has 1 aliphatic rings. The van der Waals surface area contributed by atoms with Crippen LogP contribution >= 0.6 is 0 Å². The summed E-state index contributed by atoms with van der Waals surface area (Å²) in [5.74, 6) is 1.51. The van der Waals surface area contributed by atoms with E-state index in [0.29, 0.717) is 12.5 Å². The highest BCUT2D eigenvalue weighted by atomic mass is 16.1. The van der Waals surface area contributed by atoms with Crippen LogP contribution in [0.4, 0.5) is 5.95 Å². The highest BCUT2D eigenvalue weighted by Crippen LogP contribution is 2.24. The van der Waals surface area contributed by atoms with Crippen molar-refractivity contribution in [2.24, 2.45) is 5.92 Å². The molecule has 0 radical (unpaired) electrons. The van der Waals surface area contributed by atoms with Crippen LogP contribution in [0.1, 0.15) is 36.8 Å². The maximum atomic E-state index is 12.6. The fraction of sp³-hybridized carbons (Fsp3) is 0.391. The minimum absolute atomic E-state index is 0.0887. The lowest BCUT2D eigenvalue weighted by molar-refractivity contribution is -0.125. The van der Waals surface area contributed by atoms with Crippen LogP contribution in [0, 0.1) is 12.8 Å². The molecule has 1 amide bonds. The Morgan fingerprint density at radius 1 is 1.21 bits per heavy atom. The van der Waals surface area contributed by atoms with Gasteiger partial charge in [0.15, 0.2) is 0 Å². The van der Waals surface area contributed by atoms with Gasteiger partial charge in [-0.15, -0.1) is 0 Å². The Kier molecular flexibility index (Phi) is 5.33. The smallest absolute Gasteiger partial charge is 0.223 e. The number of aromatic amines is 1. The molecule has 2 heterocycles. The summed E-state index contributed by atoms with van der Waals surface area (Å²) in [5, 5.41) is 3.15. The Bertz CT molecular complexity index is 942. The molecule has 0 spiro atoms. The molecule has 0 unspecified atom stereocenters. The van der Waals surface area contributed by atoms with E-state index in [1.165, 1.54) is 11.1 Å². The number of aromatic nitrogens is 2. The number of anilines is 1. The quantitative estimate of drug-likeness (QED) is 0.707. The highest BCUT2D eigenvalue weighted by Gasteiger charge is 2.26. The predicted molar refractivity (Wildman–Crippen MR) is 114 cm³/mol. The van der Waals surface area contributed by atoms with Gasteiger partial charge < -0.3 is 15.2 Å². The summed E-state index contributed by atoms with van der Waals surface area (Å²) in [6.07, 6.45) is 1.73. The van der Waals surface area contributed by atoms with Crippen LogP contribution in [0.3, 0.4) is 0 Å². The van der Waals surface area contributed by atoms with E-state index < -0.39 is 0 Å². The van der Waals surface area contributed by atoms with Crippen LogP contribution in [0.25, 0.3) is 11.0 Å². The maximum absolute atomic E-state index is 12.6. The lowest BCUT2D eigenvalue weighted by atomic mass is 9.95. The number of fused-ring (bicyclic) bond motifs is 1. The largest absolute Gasteiger partial charge is 0.355 e.